The lowest BCUT2D eigenvalue weighted by Gasteiger charge is -2.19. The molecule has 0 aliphatic heterocycles. The van der Waals surface area contributed by atoms with Crippen molar-refractivity contribution in [2.45, 2.75) is 34.2 Å². The van der Waals surface area contributed by atoms with E-state index in [9.17, 15) is 4.79 Å². The smallest absolute Gasteiger partial charge is 0.241 e. The molecule has 0 aliphatic rings. The van der Waals surface area contributed by atoms with Crippen LogP contribution >= 0.6 is 0 Å². The Hall–Kier alpha value is -2.18. The third kappa shape index (κ3) is 3.52. The van der Waals surface area contributed by atoms with E-state index in [0.717, 1.165) is 24.3 Å². The molecule has 0 radical (unpaired) electrons. The van der Waals surface area contributed by atoms with Crippen LogP contribution in [0.3, 0.4) is 0 Å². The second-order valence-corrected chi connectivity index (χ2v) is 5.61. The number of carbonyl (C=O) groups excluding carboxylic acids is 1. The van der Waals surface area contributed by atoms with E-state index in [2.05, 4.69) is 53.0 Å². The van der Waals surface area contributed by atoms with Gasteiger partial charge in [-0.1, -0.05) is 13.8 Å². The van der Waals surface area contributed by atoms with Crippen molar-refractivity contribution in [3.05, 3.63) is 12.5 Å². The highest BCUT2D eigenvalue weighted by Crippen LogP contribution is 2.22. The molecule has 2 heterocycles. The van der Waals surface area contributed by atoms with Crippen LogP contribution in [-0.2, 0) is 11.3 Å². The second kappa shape index (κ2) is 7.20. The molecule has 0 aromatic carbocycles. The average molecular weight is 304 g/mol. The largest absolute Gasteiger partial charge is 0.356 e. The molecule has 7 nitrogen and oxygen atoms in total. The van der Waals surface area contributed by atoms with Gasteiger partial charge in [-0.05, 0) is 19.8 Å². The number of nitrogens with zero attached hydrogens (tertiary/aromatic N) is 5. The summed E-state index contributed by atoms with van der Waals surface area (Å²) in [5.74, 6) is 1.24. The number of hydrogen-bond donors (Lipinski definition) is 1. The fraction of sp³-hybridized carbons (Fsp3) is 0.600. The summed E-state index contributed by atoms with van der Waals surface area (Å²) < 4.78 is 1.62. The predicted octanol–water partition coefficient (Wildman–Crippen LogP) is 1.44. The minimum atomic E-state index is -0.0540. The molecule has 0 unspecified atom stereocenters. The highest BCUT2D eigenvalue weighted by atomic mass is 16.2. The zero-order valence-electron chi connectivity index (χ0n) is 13.7. The Labute approximate surface area is 130 Å². The van der Waals surface area contributed by atoms with Crippen molar-refractivity contribution in [3.63, 3.8) is 0 Å². The maximum absolute atomic E-state index is 12.0. The number of fused-ring (bicyclic) bond motifs is 1. The first-order chi connectivity index (χ1) is 10.6. The fourth-order valence-corrected chi connectivity index (χ4v) is 2.28. The molecule has 0 fully saturated rings. The molecule has 22 heavy (non-hydrogen) atoms. The summed E-state index contributed by atoms with van der Waals surface area (Å²) in [5.41, 5.74) is 0.691. The molecular formula is C15H24N6O. The maximum atomic E-state index is 12.0. The van der Waals surface area contributed by atoms with Crippen LogP contribution in [0.25, 0.3) is 11.0 Å². The van der Waals surface area contributed by atoms with Crippen molar-refractivity contribution in [3.8, 4) is 0 Å². The van der Waals surface area contributed by atoms with Crippen molar-refractivity contribution in [2.24, 2.45) is 5.92 Å². The van der Waals surface area contributed by atoms with Crippen LogP contribution in [-0.4, -0.2) is 45.3 Å². The van der Waals surface area contributed by atoms with Gasteiger partial charge in [0.1, 0.15) is 18.7 Å². The summed E-state index contributed by atoms with van der Waals surface area (Å²) in [6.45, 7) is 10.9. The molecule has 0 atom stereocenters. The number of anilines is 1. The standard InChI is InChI=1S/C15H24N6O/c1-5-20(6-2)14-12-8-19-21(15(12)18-10-17-14)9-13(22)16-7-11(3)4/h8,10-11H,5-7,9H2,1-4H3,(H,16,22). The molecule has 7 heteroatoms. The molecule has 1 amide bonds. The van der Waals surface area contributed by atoms with E-state index in [1.165, 1.54) is 6.33 Å². The first-order valence-corrected chi connectivity index (χ1v) is 7.74. The fourth-order valence-electron chi connectivity index (χ4n) is 2.28. The number of nitrogens with one attached hydrogen (secondary N) is 1. The summed E-state index contributed by atoms with van der Waals surface area (Å²) in [5, 5.41) is 8.07. The van der Waals surface area contributed by atoms with Gasteiger partial charge in [-0.25, -0.2) is 14.6 Å². The van der Waals surface area contributed by atoms with Gasteiger partial charge in [0.25, 0.3) is 0 Å². The second-order valence-electron chi connectivity index (χ2n) is 5.61. The summed E-state index contributed by atoms with van der Waals surface area (Å²) >= 11 is 0. The molecule has 120 valence electrons. The topological polar surface area (TPSA) is 75.9 Å². The number of aromatic nitrogens is 4. The Kier molecular flexibility index (Phi) is 5.30. The van der Waals surface area contributed by atoms with E-state index in [0.29, 0.717) is 18.1 Å². The van der Waals surface area contributed by atoms with E-state index in [4.69, 9.17) is 0 Å². The molecule has 0 saturated heterocycles. The maximum Gasteiger partial charge on any atom is 0.241 e. The zero-order chi connectivity index (χ0) is 16.1. The highest BCUT2D eigenvalue weighted by molar-refractivity contribution is 5.87. The third-order valence-electron chi connectivity index (χ3n) is 3.48. The molecule has 2 rings (SSSR count). The summed E-state index contributed by atoms with van der Waals surface area (Å²) in [6.07, 6.45) is 3.26. The van der Waals surface area contributed by atoms with Gasteiger partial charge in [0.2, 0.25) is 5.91 Å². The summed E-state index contributed by atoms with van der Waals surface area (Å²) in [7, 11) is 0. The minimum absolute atomic E-state index is 0.0540. The Balaban J connectivity index is 2.23. The Morgan fingerprint density at radius 3 is 2.68 bits per heavy atom. The van der Waals surface area contributed by atoms with Crippen LogP contribution in [0, 0.1) is 5.92 Å². The Bertz CT molecular complexity index is 632. The van der Waals surface area contributed by atoms with Gasteiger partial charge < -0.3 is 10.2 Å². The third-order valence-corrected chi connectivity index (χ3v) is 3.48. The number of rotatable bonds is 7. The van der Waals surface area contributed by atoms with Crippen molar-refractivity contribution in [2.75, 3.05) is 24.5 Å². The quantitative estimate of drug-likeness (QED) is 0.838. The lowest BCUT2D eigenvalue weighted by Crippen LogP contribution is -2.31. The number of hydrogen-bond acceptors (Lipinski definition) is 5. The lowest BCUT2D eigenvalue weighted by atomic mass is 10.2. The normalized spacial score (nSPS) is 11.1. The van der Waals surface area contributed by atoms with Gasteiger partial charge in [-0.3, -0.25) is 4.79 Å². The molecule has 0 spiro atoms. The minimum Gasteiger partial charge on any atom is -0.356 e. The number of carbonyl (C=O) groups is 1. The van der Waals surface area contributed by atoms with E-state index in [1.807, 2.05) is 0 Å². The molecular weight excluding hydrogens is 280 g/mol. The monoisotopic (exact) mass is 304 g/mol. The van der Waals surface area contributed by atoms with Crippen molar-refractivity contribution in [1.82, 2.24) is 25.1 Å². The molecule has 0 aliphatic carbocycles. The first kappa shape index (κ1) is 16.2. The van der Waals surface area contributed by atoms with Crippen LogP contribution < -0.4 is 10.2 Å². The highest BCUT2D eigenvalue weighted by Gasteiger charge is 2.15. The van der Waals surface area contributed by atoms with Crippen molar-refractivity contribution >= 4 is 22.8 Å². The number of amides is 1. The van der Waals surface area contributed by atoms with Crippen molar-refractivity contribution in [1.29, 1.82) is 0 Å². The van der Waals surface area contributed by atoms with Crippen LogP contribution in [0.2, 0.25) is 0 Å². The Morgan fingerprint density at radius 1 is 1.32 bits per heavy atom. The van der Waals surface area contributed by atoms with E-state index >= 15 is 0 Å². The van der Waals surface area contributed by atoms with E-state index < -0.39 is 0 Å². The van der Waals surface area contributed by atoms with Gasteiger partial charge in [0, 0.05) is 19.6 Å². The van der Waals surface area contributed by atoms with Crippen LogP contribution in [0.4, 0.5) is 5.82 Å². The molecule has 1 N–H and O–H groups in total. The molecule has 0 saturated carbocycles. The SMILES string of the molecule is CCN(CC)c1ncnc2c1cnn2CC(=O)NCC(C)C. The lowest BCUT2D eigenvalue weighted by molar-refractivity contribution is -0.121. The van der Waals surface area contributed by atoms with Gasteiger partial charge in [-0.2, -0.15) is 5.10 Å². The Morgan fingerprint density at radius 2 is 2.05 bits per heavy atom. The van der Waals surface area contributed by atoms with E-state index in [1.54, 1.807) is 10.9 Å². The van der Waals surface area contributed by atoms with Gasteiger partial charge >= 0.3 is 0 Å². The summed E-state index contributed by atoms with van der Waals surface area (Å²) in [6, 6.07) is 0. The van der Waals surface area contributed by atoms with Gasteiger partial charge in [0.05, 0.1) is 11.6 Å². The van der Waals surface area contributed by atoms with Crippen LogP contribution in [0.5, 0.6) is 0 Å². The average Bonchev–Trinajstić information content (AvgIpc) is 2.90. The predicted molar refractivity (Wildman–Crippen MR) is 86.7 cm³/mol. The molecule has 2 aromatic rings. The van der Waals surface area contributed by atoms with E-state index in [-0.39, 0.29) is 12.5 Å². The first-order valence-electron chi connectivity index (χ1n) is 7.74. The summed E-state index contributed by atoms with van der Waals surface area (Å²) in [4.78, 5) is 22.8. The van der Waals surface area contributed by atoms with Crippen LogP contribution in [0.1, 0.15) is 27.7 Å². The van der Waals surface area contributed by atoms with Crippen molar-refractivity contribution < 1.29 is 4.79 Å². The zero-order valence-corrected chi connectivity index (χ0v) is 13.7. The molecule has 0 bridgehead atoms. The van der Waals surface area contributed by atoms with Gasteiger partial charge in [0.15, 0.2) is 5.65 Å². The molecule has 2 aromatic heterocycles. The van der Waals surface area contributed by atoms with Crippen LogP contribution in [0.15, 0.2) is 12.5 Å². The van der Waals surface area contributed by atoms with Gasteiger partial charge in [-0.15, -0.1) is 0 Å².